The number of Topliss-reactive ketones (excluding diaryl/α,β-unsaturated/α-hetero) is 2. The maximum Gasteiger partial charge on any atom is 0.339 e. The first-order chi connectivity index (χ1) is 16.2. The average molecular weight is 498 g/mol. The highest BCUT2D eigenvalue weighted by atomic mass is 35.5. The van der Waals surface area contributed by atoms with E-state index < -0.39 is 16.0 Å². The van der Waals surface area contributed by atoms with Gasteiger partial charge in [0.15, 0.2) is 11.6 Å². The van der Waals surface area contributed by atoms with Crippen LogP contribution in [0, 0.1) is 6.92 Å². The van der Waals surface area contributed by atoms with Gasteiger partial charge in [0.05, 0.1) is 0 Å². The third-order valence-corrected chi connectivity index (χ3v) is 8.07. The minimum Gasteiger partial charge on any atom is -0.379 e. The zero-order chi connectivity index (χ0) is 24.0. The molecule has 0 saturated heterocycles. The Kier molecular flexibility index (Phi) is 5.86. The van der Waals surface area contributed by atoms with Crippen molar-refractivity contribution < 1.29 is 22.2 Å². The van der Waals surface area contributed by atoms with Crippen molar-refractivity contribution >= 4 is 33.3 Å². The largest absolute Gasteiger partial charge is 0.379 e. The molecule has 0 spiro atoms. The molecule has 176 valence electrons. The summed E-state index contributed by atoms with van der Waals surface area (Å²) < 4.78 is 31.8. The lowest BCUT2D eigenvalue weighted by atomic mass is 9.71. The molecule has 3 aliphatic rings. The normalized spacial score (nSPS) is 19.0. The Morgan fingerprint density at radius 2 is 1.47 bits per heavy atom. The summed E-state index contributed by atoms with van der Waals surface area (Å²) in [5, 5.41) is 3.72. The molecule has 0 saturated carbocycles. The SMILES string of the molecule is Cc1ccc(S(=O)(=O)Oc2ccc(Cl)cc2C2C3=C(CCCC3=O)NC3=C2C(=O)CCC3)cc1. The molecule has 0 radical (unpaired) electrons. The molecule has 0 aromatic heterocycles. The molecular formula is C26H24ClNO5S. The molecule has 0 fully saturated rings. The minimum absolute atomic E-state index is 0.0200. The predicted molar refractivity (Wildman–Crippen MR) is 128 cm³/mol. The van der Waals surface area contributed by atoms with Gasteiger partial charge in [-0.05, 0) is 62.9 Å². The van der Waals surface area contributed by atoms with Crippen molar-refractivity contribution in [3.05, 3.63) is 81.2 Å². The number of nitrogens with one attached hydrogen (secondary N) is 1. The first-order valence-corrected chi connectivity index (χ1v) is 13.1. The van der Waals surface area contributed by atoms with E-state index in [1.165, 1.54) is 18.2 Å². The van der Waals surface area contributed by atoms with Gasteiger partial charge < -0.3 is 9.50 Å². The van der Waals surface area contributed by atoms with Crippen molar-refractivity contribution in [1.29, 1.82) is 0 Å². The summed E-state index contributed by atoms with van der Waals surface area (Å²) in [5.74, 6) is -0.743. The molecule has 1 aliphatic heterocycles. The van der Waals surface area contributed by atoms with Crippen LogP contribution in [0.3, 0.4) is 0 Å². The van der Waals surface area contributed by atoms with Crippen LogP contribution < -0.4 is 9.50 Å². The second kappa shape index (κ2) is 8.71. The van der Waals surface area contributed by atoms with Gasteiger partial charge in [0.25, 0.3) is 0 Å². The van der Waals surface area contributed by atoms with Gasteiger partial charge >= 0.3 is 10.1 Å². The zero-order valence-electron chi connectivity index (χ0n) is 18.7. The summed E-state index contributed by atoms with van der Waals surface area (Å²) in [7, 11) is -4.15. The highest BCUT2D eigenvalue weighted by molar-refractivity contribution is 7.87. The van der Waals surface area contributed by atoms with Crippen LogP contribution in [0.5, 0.6) is 5.75 Å². The lowest BCUT2D eigenvalue weighted by Crippen LogP contribution is -2.36. The quantitative estimate of drug-likeness (QED) is 0.590. The van der Waals surface area contributed by atoms with E-state index in [2.05, 4.69) is 5.32 Å². The number of benzene rings is 2. The van der Waals surface area contributed by atoms with Gasteiger partial charge in [0.2, 0.25) is 0 Å². The Morgan fingerprint density at radius 1 is 0.882 bits per heavy atom. The molecule has 0 amide bonds. The molecule has 1 N–H and O–H groups in total. The number of halogens is 1. The predicted octanol–water partition coefficient (Wildman–Crippen LogP) is 5.12. The van der Waals surface area contributed by atoms with Crippen LogP contribution in [0.4, 0.5) is 0 Å². The third-order valence-electron chi connectivity index (χ3n) is 6.58. The van der Waals surface area contributed by atoms with E-state index in [9.17, 15) is 18.0 Å². The number of hydrogen-bond donors (Lipinski definition) is 1. The summed E-state index contributed by atoms with van der Waals surface area (Å²) in [6, 6.07) is 11.0. The molecule has 0 atom stereocenters. The van der Waals surface area contributed by atoms with E-state index in [0.29, 0.717) is 47.4 Å². The van der Waals surface area contributed by atoms with Crippen LogP contribution in [0.1, 0.15) is 55.6 Å². The summed E-state index contributed by atoms with van der Waals surface area (Å²) in [6.45, 7) is 1.87. The van der Waals surface area contributed by atoms with Gasteiger partial charge in [-0.3, -0.25) is 9.59 Å². The number of carbonyl (C=O) groups excluding carboxylic acids is 2. The Labute approximate surface area is 203 Å². The second-order valence-corrected chi connectivity index (χ2v) is 10.9. The Balaban J connectivity index is 1.67. The van der Waals surface area contributed by atoms with Crippen LogP contribution in [0.15, 0.2) is 69.9 Å². The summed E-state index contributed by atoms with van der Waals surface area (Å²) >= 11 is 6.34. The molecule has 5 rings (SSSR count). The second-order valence-electron chi connectivity index (χ2n) is 8.93. The van der Waals surface area contributed by atoms with Gasteiger partial charge in [-0.15, -0.1) is 0 Å². The molecule has 8 heteroatoms. The van der Waals surface area contributed by atoms with Crippen LogP contribution in [0.25, 0.3) is 0 Å². The smallest absolute Gasteiger partial charge is 0.339 e. The van der Waals surface area contributed by atoms with Gasteiger partial charge in [-0.2, -0.15) is 8.42 Å². The number of dihydropyridines is 1. The fourth-order valence-electron chi connectivity index (χ4n) is 4.99. The molecule has 0 bridgehead atoms. The number of ketones is 2. The van der Waals surface area contributed by atoms with Crippen molar-refractivity contribution in [2.45, 2.75) is 56.3 Å². The number of aryl methyl sites for hydroxylation is 1. The Hall–Kier alpha value is -2.90. The van der Waals surface area contributed by atoms with Crippen LogP contribution in [-0.2, 0) is 19.7 Å². The maximum absolute atomic E-state index is 13.1. The summed E-state index contributed by atoms with van der Waals surface area (Å²) in [5.41, 5.74) is 3.98. The first kappa shape index (κ1) is 22.9. The van der Waals surface area contributed by atoms with E-state index in [1.54, 1.807) is 24.3 Å². The topological polar surface area (TPSA) is 89.5 Å². The number of rotatable bonds is 4. The molecule has 0 unspecified atom stereocenters. The molecule has 2 aromatic rings. The van der Waals surface area contributed by atoms with E-state index >= 15 is 0 Å². The fraction of sp³-hybridized carbons (Fsp3) is 0.308. The van der Waals surface area contributed by atoms with Crippen molar-refractivity contribution in [1.82, 2.24) is 5.32 Å². The number of carbonyl (C=O) groups is 2. The van der Waals surface area contributed by atoms with E-state index in [0.717, 1.165) is 29.8 Å². The minimum atomic E-state index is -4.15. The van der Waals surface area contributed by atoms with Crippen LogP contribution in [-0.4, -0.2) is 20.0 Å². The van der Waals surface area contributed by atoms with Crippen LogP contribution >= 0.6 is 11.6 Å². The third kappa shape index (κ3) is 4.07. The van der Waals surface area contributed by atoms with Crippen LogP contribution in [0.2, 0.25) is 5.02 Å². The summed E-state index contributed by atoms with van der Waals surface area (Å²) in [4.78, 5) is 26.2. The molecular weight excluding hydrogens is 474 g/mol. The lowest BCUT2D eigenvalue weighted by molar-refractivity contribution is -0.116. The molecule has 2 aromatic carbocycles. The molecule has 6 nitrogen and oxygen atoms in total. The van der Waals surface area contributed by atoms with E-state index in [1.807, 2.05) is 6.92 Å². The van der Waals surface area contributed by atoms with Gasteiger partial charge in [0.1, 0.15) is 10.6 Å². The monoisotopic (exact) mass is 497 g/mol. The van der Waals surface area contributed by atoms with Crippen molar-refractivity contribution in [3.63, 3.8) is 0 Å². The standard InChI is InChI=1S/C26H24ClNO5S/c1-15-8-11-17(12-9-15)34(31,32)33-23-13-10-16(27)14-18(23)24-25-19(4-2-6-21(25)29)28-20-5-3-7-22(30)26(20)24/h8-14,24,28H,2-7H2,1H3. The van der Waals surface area contributed by atoms with Crippen molar-refractivity contribution in [2.75, 3.05) is 0 Å². The van der Waals surface area contributed by atoms with E-state index in [4.69, 9.17) is 15.8 Å². The lowest BCUT2D eigenvalue weighted by Gasteiger charge is -2.37. The number of allylic oxidation sites excluding steroid dienone is 4. The van der Waals surface area contributed by atoms with Crippen molar-refractivity contribution in [3.8, 4) is 5.75 Å². The fourth-order valence-corrected chi connectivity index (χ4v) is 6.12. The van der Waals surface area contributed by atoms with Gasteiger partial charge in [0, 0.05) is 51.9 Å². The zero-order valence-corrected chi connectivity index (χ0v) is 20.3. The summed E-state index contributed by atoms with van der Waals surface area (Å²) in [6.07, 6.45) is 3.61. The van der Waals surface area contributed by atoms with Crippen molar-refractivity contribution in [2.24, 2.45) is 0 Å². The molecule has 1 heterocycles. The highest BCUT2D eigenvalue weighted by Gasteiger charge is 2.41. The highest BCUT2D eigenvalue weighted by Crippen LogP contribution is 2.48. The molecule has 2 aliphatic carbocycles. The number of hydrogen-bond acceptors (Lipinski definition) is 6. The molecule has 34 heavy (non-hydrogen) atoms. The van der Waals surface area contributed by atoms with Gasteiger partial charge in [-0.1, -0.05) is 29.3 Å². The van der Waals surface area contributed by atoms with Gasteiger partial charge in [-0.25, -0.2) is 0 Å². The average Bonchev–Trinajstić information content (AvgIpc) is 2.79. The Morgan fingerprint density at radius 3 is 2.06 bits per heavy atom. The van der Waals surface area contributed by atoms with E-state index in [-0.39, 0.29) is 22.2 Å². The Bertz CT molecular complexity index is 1330. The maximum atomic E-state index is 13.1. The first-order valence-electron chi connectivity index (χ1n) is 11.3.